The second-order valence-electron chi connectivity index (χ2n) is 6.53. The van der Waals surface area contributed by atoms with E-state index >= 15 is 0 Å². The molecule has 2 aromatic heterocycles. The van der Waals surface area contributed by atoms with Gasteiger partial charge in [0.2, 0.25) is 0 Å². The Hall–Kier alpha value is -2.02. The van der Waals surface area contributed by atoms with Crippen molar-refractivity contribution in [3.63, 3.8) is 0 Å². The average molecular weight is 341 g/mol. The summed E-state index contributed by atoms with van der Waals surface area (Å²) in [7, 11) is 1.62. The Kier molecular flexibility index (Phi) is 4.43. The summed E-state index contributed by atoms with van der Waals surface area (Å²) in [5, 5.41) is 4.69. The number of aromatic nitrogens is 3. The maximum atomic E-state index is 12.2. The van der Waals surface area contributed by atoms with Gasteiger partial charge in [-0.25, -0.2) is 9.31 Å². The number of nitrogens with zero attached hydrogens (tertiary/aromatic N) is 3. The number of carbonyl (C=O) groups excluding carboxylic acids is 1. The Labute approximate surface area is 139 Å². The summed E-state index contributed by atoms with van der Waals surface area (Å²) < 4.78 is 6.85. The van der Waals surface area contributed by atoms with E-state index in [1.54, 1.807) is 47.9 Å². The Morgan fingerprint density at radius 2 is 2.09 bits per heavy atom. The fraction of sp³-hybridized carbons (Fsp3) is 0.533. The number of aromatic amines is 1. The monoisotopic (exact) mass is 340 g/mol. The topological polar surface area (TPSA) is 79.7 Å². The van der Waals surface area contributed by atoms with Crippen LogP contribution in [0.15, 0.2) is 11.0 Å². The molecule has 0 aliphatic carbocycles. The van der Waals surface area contributed by atoms with Crippen molar-refractivity contribution in [2.45, 2.75) is 46.3 Å². The fourth-order valence-corrected chi connectivity index (χ4v) is 2.36. The van der Waals surface area contributed by atoms with Gasteiger partial charge in [-0.15, -0.1) is 0 Å². The van der Waals surface area contributed by atoms with E-state index in [1.807, 2.05) is 0 Å². The second kappa shape index (κ2) is 5.88. The van der Waals surface area contributed by atoms with Crippen LogP contribution in [0.5, 0.6) is 0 Å². The summed E-state index contributed by atoms with van der Waals surface area (Å²) in [4.78, 5) is 28.0. The maximum absolute atomic E-state index is 12.2. The number of fused-ring (bicyclic) bond motifs is 1. The van der Waals surface area contributed by atoms with E-state index in [4.69, 9.17) is 16.3 Å². The highest BCUT2D eigenvalue weighted by molar-refractivity contribution is 6.34. The van der Waals surface area contributed by atoms with Gasteiger partial charge in [-0.05, 0) is 34.6 Å². The van der Waals surface area contributed by atoms with Gasteiger partial charge in [0.25, 0.3) is 5.56 Å². The molecular formula is C15H21ClN4O3. The van der Waals surface area contributed by atoms with E-state index in [2.05, 4.69) is 10.1 Å². The van der Waals surface area contributed by atoms with Gasteiger partial charge in [0.05, 0.1) is 6.04 Å². The lowest BCUT2D eigenvalue weighted by molar-refractivity contribution is 0.0230. The molecule has 2 heterocycles. The van der Waals surface area contributed by atoms with Crippen LogP contribution in [0.2, 0.25) is 5.02 Å². The molecule has 1 atom stereocenters. The molecule has 0 bridgehead atoms. The number of carbonyl (C=O) groups is 1. The molecule has 0 unspecified atom stereocenters. The summed E-state index contributed by atoms with van der Waals surface area (Å²) in [6, 6.07) is -0.416. The highest BCUT2D eigenvalue weighted by Gasteiger charge is 2.27. The molecule has 0 radical (unpaired) electrons. The van der Waals surface area contributed by atoms with Crippen LogP contribution < -0.4 is 5.56 Å². The molecular weight excluding hydrogens is 320 g/mol. The summed E-state index contributed by atoms with van der Waals surface area (Å²) in [6.45, 7) is 8.88. The molecule has 0 saturated heterocycles. The lowest BCUT2D eigenvalue weighted by Crippen LogP contribution is -2.36. The Balaban J connectivity index is 2.37. The van der Waals surface area contributed by atoms with Gasteiger partial charge < -0.3 is 14.6 Å². The highest BCUT2D eigenvalue weighted by Crippen LogP contribution is 2.29. The van der Waals surface area contributed by atoms with E-state index in [-0.39, 0.29) is 5.56 Å². The van der Waals surface area contributed by atoms with Crippen LogP contribution in [-0.4, -0.2) is 38.2 Å². The molecule has 0 saturated carbocycles. The minimum absolute atomic E-state index is 0.223. The van der Waals surface area contributed by atoms with Crippen LogP contribution in [0.25, 0.3) is 5.65 Å². The first kappa shape index (κ1) is 17.3. The lowest BCUT2D eigenvalue weighted by atomic mass is 10.2. The molecule has 0 fully saturated rings. The zero-order valence-corrected chi connectivity index (χ0v) is 14.9. The van der Waals surface area contributed by atoms with Crippen molar-refractivity contribution >= 4 is 23.3 Å². The molecule has 0 spiro atoms. The number of H-pyrrole nitrogens is 1. The number of rotatable bonds is 2. The first-order chi connectivity index (χ1) is 10.5. The quantitative estimate of drug-likeness (QED) is 0.911. The molecule has 0 aliphatic heterocycles. The van der Waals surface area contributed by atoms with Gasteiger partial charge >= 0.3 is 6.09 Å². The number of amides is 1. The van der Waals surface area contributed by atoms with Crippen LogP contribution >= 0.6 is 11.6 Å². The van der Waals surface area contributed by atoms with Gasteiger partial charge in [-0.3, -0.25) is 4.79 Å². The number of halogens is 1. The van der Waals surface area contributed by atoms with Crippen molar-refractivity contribution in [2.75, 3.05) is 7.05 Å². The number of hydrogen-bond donors (Lipinski definition) is 1. The molecule has 23 heavy (non-hydrogen) atoms. The zero-order chi connectivity index (χ0) is 17.5. The van der Waals surface area contributed by atoms with E-state index in [0.717, 1.165) is 0 Å². The minimum atomic E-state index is -0.587. The average Bonchev–Trinajstić information content (AvgIpc) is 2.73. The predicted octanol–water partition coefficient (Wildman–Crippen LogP) is 2.91. The molecule has 2 aromatic rings. The van der Waals surface area contributed by atoms with Crippen LogP contribution in [0.4, 0.5) is 4.79 Å². The number of hydrogen-bond acceptors (Lipinski definition) is 4. The summed E-state index contributed by atoms with van der Waals surface area (Å²) >= 11 is 6.33. The first-order valence-corrected chi connectivity index (χ1v) is 7.62. The smallest absolute Gasteiger partial charge is 0.410 e. The van der Waals surface area contributed by atoms with Crippen molar-refractivity contribution in [3.05, 3.63) is 32.8 Å². The molecule has 0 aliphatic rings. The standard InChI is InChI=1S/C15H21ClN4O3/c1-8-7-20-12(17-13(8)21)10(16)11(18-20)9(2)19(6)14(22)23-15(3,4)5/h7,9H,1-6H3,(H,17,21)/t9-/m0/s1. The van der Waals surface area contributed by atoms with Gasteiger partial charge in [0, 0.05) is 18.8 Å². The Bertz CT molecular complexity index is 803. The fourth-order valence-electron chi connectivity index (χ4n) is 2.03. The van der Waals surface area contributed by atoms with Crippen molar-refractivity contribution in [2.24, 2.45) is 0 Å². The van der Waals surface area contributed by atoms with E-state index < -0.39 is 17.7 Å². The van der Waals surface area contributed by atoms with Crippen LogP contribution in [-0.2, 0) is 4.74 Å². The highest BCUT2D eigenvalue weighted by atomic mass is 35.5. The largest absolute Gasteiger partial charge is 0.444 e. The van der Waals surface area contributed by atoms with Crippen LogP contribution in [0, 0.1) is 6.92 Å². The van der Waals surface area contributed by atoms with E-state index in [9.17, 15) is 9.59 Å². The molecule has 0 aromatic carbocycles. The molecule has 1 N–H and O–H groups in total. The lowest BCUT2D eigenvalue weighted by Gasteiger charge is -2.28. The number of nitrogens with one attached hydrogen (secondary N) is 1. The number of aryl methyl sites for hydroxylation is 1. The number of ether oxygens (including phenoxy) is 1. The molecule has 8 heteroatoms. The third-order valence-corrected chi connectivity index (χ3v) is 3.81. The SMILES string of the molecule is Cc1cn2nc([C@H](C)N(C)C(=O)OC(C)(C)C)c(Cl)c2[nH]c1=O. The molecule has 1 amide bonds. The zero-order valence-electron chi connectivity index (χ0n) is 14.1. The molecule has 2 rings (SSSR count). The molecule has 7 nitrogen and oxygen atoms in total. The minimum Gasteiger partial charge on any atom is -0.444 e. The van der Waals surface area contributed by atoms with Crippen LogP contribution in [0.3, 0.4) is 0 Å². The van der Waals surface area contributed by atoms with Crippen molar-refractivity contribution in [1.82, 2.24) is 19.5 Å². The normalized spacial score (nSPS) is 13.2. The Morgan fingerprint density at radius 1 is 1.48 bits per heavy atom. The predicted molar refractivity (Wildman–Crippen MR) is 88.0 cm³/mol. The summed E-state index contributed by atoms with van der Waals surface area (Å²) in [5.41, 5.74) is 0.606. The van der Waals surface area contributed by atoms with Crippen LogP contribution in [0.1, 0.15) is 45.0 Å². The summed E-state index contributed by atoms with van der Waals surface area (Å²) in [5.74, 6) is 0. The van der Waals surface area contributed by atoms with E-state index in [0.29, 0.717) is 21.9 Å². The van der Waals surface area contributed by atoms with Crippen molar-refractivity contribution < 1.29 is 9.53 Å². The summed E-state index contributed by atoms with van der Waals surface area (Å²) in [6.07, 6.45) is 1.13. The first-order valence-electron chi connectivity index (χ1n) is 7.24. The third-order valence-electron chi connectivity index (χ3n) is 3.44. The van der Waals surface area contributed by atoms with Crippen molar-refractivity contribution in [1.29, 1.82) is 0 Å². The van der Waals surface area contributed by atoms with Gasteiger partial charge in [0.1, 0.15) is 16.3 Å². The molecule has 126 valence electrons. The third kappa shape index (κ3) is 3.50. The Morgan fingerprint density at radius 3 is 2.65 bits per heavy atom. The second-order valence-corrected chi connectivity index (χ2v) is 6.90. The van der Waals surface area contributed by atoms with Gasteiger partial charge in [-0.2, -0.15) is 5.10 Å². The maximum Gasteiger partial charge on any atom is 0.410 e. The van der Waals surface area contributed by atoms with E-state index in [1.165, 1.54) is 9.42 Å². The van der Waals surface area contributed by atoms with Gasteiger partial charge in [0.15, 0.2) is 5.65 Å². The van der Waals surface area contributed by atoms with Crippen molar-refractivity contribution in [3.8, 4) is 0 Å². The van der Waals surface area contributed by atoms with Gasteiger partial charge in [-0.1, -0.05) is 11.6 Å².